The molecule has 0 radical (unpaired) electrons. The molecule has 4 rings (SSSR count). The van der Waals surface area contributed by atoms with E-state index in [4.69, 9.17) is 4.74 Å². The molecule has 0 aromatic heterocycles. The molecule has 0 saturated carbocycles. The lowest BCUT2D eigenvalue weighted by Gasteiger charge is -2.22. The van der Waals surface area contributed by atoms with Crippen LogP contribution >= 0.6 is 0 Å². The molecular weight excluding hydrogens is 519 g/mol. The summed E-state index contributed by atoms with van der Waals surface area (Å²) in [6.45, 7) is 0.591. The minimum atomic E-state index is -3.61. The Kier molecular flexibility index (Phi) is 9.19. The van der Waals surface area contributed by atoms with Gasteiger partial charge >= 0.3 is 0 Å². The summed E-state index contributed by atoms with van der Waals surface area (Å²) in [5, 5.41) is 24.2. The van der Waals surface area contributed by atoms with Crippen LogP contribution in [0.1, 0.15) is 34.4 Å². The maximum absolute atomic E-state index is 13.5. The second-order valence-electron chi connectivity index (χ2n) is 9.30. The summed E-state index contributed by atoms with van der Waals surface area (Å²) >= 11 is 0. The largest absolute Gasteiger partial charge is 0.506 e. The fourth-order valence-electron chi connectivity index (χ4n) is 4.12. The third-order valence-electron chi connectivity index (χ3n) is 6.14. The normalized spacial score (nSPS) is 13.0. The van der Waals surface area contributed by atoms with E-state index in [1.807, 2.05) is 54.6 Å². The highest BCUT2D eigenvalue weighted by molar-refractivity contribution is 7.92. The molecule has 39 heavy (non-hydrogen) atoms. The van der Waals surface area contributed by atoms with E-state index in [1.54, 1.807) is 12.1 Å². The molecule has 0 aliphatic rings. The van der Waals surface area contributed by atoms with Gasteiger partial charge in [-0.25, -0.2) is 12.8 Å². The maximum atomic E-state index is 13.5. The van der Waals surface area contributed by atoms with Crippen molar-refractivity contribution in [1.82, 2.24) is 5.32 Å². The Morgan fingerprint density at radius 3 is 2.21 bits per heavy atom. The van der Waals surface area contributed by atoms with Crippen LogP contribution in [0.3, 0.4) is 0 Å². The number of ether oxygens (including phenoxy) is 1. The van der Waals surface area contributed by atoms with Crippen LogP contribution in [0.4, 0.5) is 10.1 Å². The molecule has 0 spiro atoms. The zero-order valence-electron chi connectivity index (χ0n) is 21.4. The number of phenolic OH excluding ortho intramolecular Hbond substituents is 1. The van der Waals surface area contributed by atoms with Crippen molar-refractivity contribution in [2.75, 3.05) is 17.5 Å². The molecule has 4 N–H and O–H groups in total. The lowest BCUT2D eigenvalue weighted by molar-refractivity contribution is 0.169. The number of halogens is 1. The van der Waals surface area contributed by atoms with Gasteiger partial charge in [0, 0.05) is 12.6 Å². The number of hydrogen-bond acceptors (Lipinski definition) is 6. The van der Waals surface area contributed by atoms with Gasteiger partial charge in [-0.05, 0) is 65.1 Å². The van der Waals surface area contributed by atoms with E-state index in [-0.39, 0.29) is 29.8 Å². The fraction of sp³-hybridized carbons (Fsp3) is 0.200. The van der Waals surface area contributed by atoms with Gasteiger partial charge in [0.15, 0.2) is 0 Å². The highest BCUT2D eigenvalue weighted by Crippen LogP contribution is 2.29. The highest BCUT2D eigenvalue weighted by Gasteiger charge is 2.17. The van der Waals surface area contributed by atoms with Crippen LogP contribution in [0.15, 0.2) is 97.1 Å². The number of anilines is 1. The molecule has 0 fully saturated rings. The third kappa shape index (κ3) is 8.54. The van der Waals surface area contributed by atoms with Crippen LogP contribution in [-0.2, 0) is 23.1 Å². The van der Waals surface area contributed by atoms with Crippen LogP contribution in [0.2, 0.25) is 0 Å². The van der Waals surface area contributed by atoms with Gasteiger partial charge in [0.2, 0.25) is 10.0 Å². The molecule has 204 valence electrons. The fourth-order valence-corrected chi connectivity index (χ4v) is 4.68. The van der Waals surface area contributed by atoms with E-state index >= 15 is 0 Å². The Labute approximate surface area is 228 Å². The van der Waals surface area contributed by atoms with Crippen LogP contribution in [-0.4, -0.2) is 31.4 Å². The average Bonchev–Trinajstić information content (AvgIpc) is 2.92. The second-order valence-corrected chi connectivity index (χ2v) is 11.0. The van der Waals surface area contributed by atoms with Crippen molar-refractivity contribution in [2.45, 2.75) is 25.2 Å². The molecule has 1 unspecified atom stereocenters. The van der Waals surface area contributed by atoms with Crippen molar-refractivity contribution >= 4 is 15.7 Å². The van der Waals surface area contributed by atoms with Crippen LogP contribution in [0.5, 0.6) is 11.5 Å². The van der Waals surface area contributed by atoms with Gasteiger partial charge in [-0.2, -0.15) is 0 Å². The topological polar surface area (TPSA) is 108 Å². The predicted octanol–water partition coefficient (Wildman–Crippen LogP) is 5.09. The maximum Gasteiger partial charge on any atom is 0.229 e. The van der Waals surface area contributed by atoms with Gasteiger partial charge in [0.25, 0.3) is 0 Å². The molecule has 4 aromatic carbocycles. The molecule has 0 heterocycles. The van der Waals surface area contributed by atoms with Crippen molar-refractivity contribution in [1.29, 1.82) is 0 Å². The average molecular weight is 551 g/mol. The van der Waals surface area contributed by atoms with E-state index in [0.717, 1.165) is 28.7 Å². The summed E-state index contributed by atoms with van der Waals surface area (Å²) in [6, 6.07) is 27.8. The number of aromatic hydroxyl groups is 1. The first kappa shape index (κ1) is 28.1. The molecule has 0 aliphatic carbocycles. The summed E-state index contributed by atoms with van der Waals surface area (Å²) in [4.78, 5) is 0. The summed E-state index contributed by atoms with van der Waals surface area (Å²) in [6.07, 6.45) is 0.526. The first-order chi connectivity index (χ1) is 18.7. The van der Waals surface area contributed by atoms with E-state index in [9.17, 15) is 23.0 Å². The highest BCUT2D eigenvalue weighted by atomic mass is 32.2. The third-order valence-corrected chi connectivity index (χ3v) is 6.73. The Morgan fingerprint density at radius 2 is 1.54 bits per heavy atom. The van der Waals surface area contributed by atoms with E-state index < -0.39 is 16.1 Å². The number of rotatable bonds is 12. The van der Waals surface area contributed by atoms with Crippen LogP contribution in [0.25, 0.3) is 0 Å². The van der Waals surface area contributed by atoms with Gasteiger partial charge in [-0.15, -0.1) is 0 Å². The molecule has 4 aromatic rings. The van der Waals surface area contributed by atoms with Crippen molar-refractivity contribution in [3.8, 4) is 11.5 Å². The summed E-state index contributed by atoms with van der Waals surface area (Å²) in [5.74, 6) is 0.163. The molecular formula is C30H31FN2O5S. The standard InChI is InChI=1S/C30H31FN2O5S/c1-39(36,37)33-28-18-24(11-16-29(28)34)30(35)19-32-27(17-21-7-12-25(31)13-8-21)23-9-14-26(15-10-23)38-20-22-5-3-2-4-6-22/h2-16,18,27,30,32-35H,17,19-20H2,1H3/t27?,30-/m1/s1. The monoisotopic (exact) mass is 550 g/mol. The van der Waals surface area contributed by atoms with E-state index in [1.165, 1.54) is 30.3 Å². The smallest absolute Gasteiger partial charge is 0.229 e. The van der Waals surface area contributed by atoms with Gasteiger partial charge in [-0.3, -0.25) is 4.72 Å². The van der Waals surface area contributed by atoms with Gasteiger partial charge < -0.3 is 20.3 Å². The SMILES string of the molecule is CS(=O)(=O)Nc1cc([C@H](O)CNC(Cc2ccc(F)cc2)c2ccc(OCc3ccccc3)cc2)ccc1O. The number of aliphatic hydroxyl groups is 1. The Hall–Kier alpha value is -3.92. The lowest BCUT2D eigenvalue weighted by Crippen LogP contribution is -2.28. The zero-order valence-corrected chi connectivity index (χ0v) is 22.2. The van der Waals surface area contributed by atoms with Gasteiger partial charge in [0.1, 0.15) is 23.9 Å². The second kappa shape index (κ2) is 12.8. The molecule has 0 bridgehead atoms. The number of benzene rings is 4. The Balaban J connectivity index is 1.48. The van der Waals surface area contributed by atoms with Crippen molar-refractivity contribution in [3.63, 3.8) is 0 Å². The molecule has 0 saturated heterocycles. The van der Waals surface area contributed by atoms with Crippen molar-refractivity contribution in [3.05, 3.63) is 125 Å². The van der Waals surface area contributed by atoms with Crippen molar-refractivity contribution in [2.24, 2.45) is 0 Å². The molecule has 0 aliphatic heterocycles. The van der Waals surface area contributed by atoms with Gasteiger partial charge in [0.05, 0.1) is 18.0 Å². The number of phenols is 1. The lowest BCUT2D eigenvalue weighted by atomic mass is 9.98. The molecule has 0 amide bonds. The number of aliphatic hydroxyl groups excluding tert-OH is 1. The molecule has 2 atom stereocenters. The summed E-state index contributed by atoms with van der Waals surface area (Å²) < 4.78 is 44.8. The quantitative estimate of drug-likeness (QED) is 0.183. The minimum Gasteiger partial charge on any atom is -0.506 e. The summed E-state index contributed by atoms with van der Waals surface area (Å²) in [5.41, 5.74) is 3.34. The van der Waals surface area contributed by atoms with Gasteiger partial charge in [-0.1, -0.05) is 60.7 Å². The van der Waals surface area contributed by atoms with E-state index in [0.29, 0.717) is 18.6 Å². The molecule has 9 heteroatoms. The number of sulfonamides is 1. The Bertz CT molecular complexity index is 1460. The van der Waals surface area contributed by atoms with E-state index in [2.05, 4.69) is 10.0 Å². The summed E-state index contributed by atoms with van der Waals surface area (Å²) in [7, 11) is -3.61. The first-order valence-electron chi connectivity index (χ1n) is 12.4. The minimum absolute atomic E-state index is 0.0111. The zero-order chi connectivity index (χ0) is 27.8. The predicted molar refractivity (Wildman–Crippen MR) is 150 cm³/mol. The number of nitrogens with one attached hydrogen (secondary N) is 2. The Morgan fingerprint density at radius 1 is 0.872 bits per heavy atom. The van der Waals surface area contributed by atoms with Crippen molar-refractivity contribution < 1.29 is 27.8 Å². The van der Waals surface area contributed by atoms with Crippen LogP contribution in [0, 0.1) is 5.82 Å². The molecule has 7 nitrogen and oxygen atoms in total. The van der Waals surface area contributed by atoms with Crippen LogP contribution < -0.4 is 14.8 Å². The number of hydrogen-bond donors (Lipinski definition) is 4. The first-order valence-corrected chi connectivity index (χ1v) is 14.3.